The molecular formula is C24H26BrN3O3. The average molecular weight is 484 g/mol. The fourth-order valence-electron chi connectivity index (χ4n) is 3.11. The maximum absolute atomic E-state index is 12.6. The molecule has 0 atom stereocenters. The van der Waals surface area contributed by atoms with E-state index in [1.54, 1.807) is 37.4 Å². The van der Waals surface area contributed by atoms with E-state index >= 15 is 0 Å². The summed E-state index contributed by atoms with van der Waals surface area (Å²) >= 11 is 3.50. The lowest BCUT2D eigenvalue weighted by atomic mass is 10.1. The number of rotatable bonds is 9. The van der Waals surface area contributed by atoms with Gasteiger partial charge in [-0.2, -0.15) is 5.10 Å². The summed E-state index contributed by atoms with van der Waals surface area (Å²) in [5, 5.41) is 4.30. The minimum Gasteiger partial charge on any atom is -0.496 e. The van der Waals surface area contributed by atoms with E-state index in [2.05, 4.69) is 21.0 Å². The van der Waals surface area contributed by atoms with Gasteiger partial charge in [-0.25, -0.2) is 0 Å². The Hall–Kier alpha value is -3.06. The van der Waals surface area contributed by atoms with Crippen molar-refractivity contribution in [2.75, 3.05) is 14.2 Å². The predicted octanol–water partition coefficient (Wildman–Crippen LogP) is 4.92. The number of aromatic nitrogens is 2. The number of para-hydroxylation sites is 1. The van der Waals surface area contributed by atoms with Crippen molar-refractivity contribution in [1.82, 2.24) is 14.7 Å². The van der Waals surface area contributed by atoms with Crippen LogP contribution in [-0.2, 0) is 24.5 Å². The standard InChI is InChI=1S/C24H26BrN3O3/c1-4-28-22(21(25)15-26-28)16-27(2)24(29)13-11-18-10-12-23(30-3)19(14-18)17-31-20-8-6-5-7-9-20/h5-15H,4,16-17H2,1-3H3/b13-11+. The molecule has 6 nitrogen and oxygen atoms in total. The Morgan fingerprint density at radius 1 is 1.23 bits per heavy atom. The molecule has 0 aliphatic rings. The molecule has 31 heavy (non-hydrogen) atoms. The van der Waals surface area contributed by atoms with Gasteiger partial charge in [0.15, 0.2) is 0 Å². The van der Waals surface area contributed by atoms with Gasteiger partial charge < -0.3 is 14.4 Å². The zero-order chi connectivity index (χ0) is 22.2. The van der Waals surface area contributed by atoms with Crippen LogP contribution in [0.4, 0.5) is 0 Å². The first kappa shape index (κ1) is 22.6. The van der Waals surface area contributed by atoms with E-state index in [1.165, 1.54) is 0 Å². The number of methoxy groups -OCH3 is 1. The van der Waals surface area contributed by atoms with Gasteiger partial charge in [-0.1, -0.05) is 24.3 Å². The molecule has 162 valence electrons. The zero-order valence-electron chi connectivity index (χ0n) is 17.9. The first-order valence-corrected chi connectivity index (χ1v) is 10.8. The summed E-state index contributed by atoms with van der Waals surface area (Å²) in [6, 6.07) is 15.4. The summed E-state index contributed by atoms with van der Waals surface area (Å²) in [5.74, 6) is 1.45. The molecule has 0 N–H and O–H groups in total. The molecule has 0 radical (unpaired) electrons. The quantitative estimate of drug-likeness (QED) is 0.405. The first-order chi connectivity index (χ1) is 15.0. The molecular weight excluding hydrogens is 458 g/mol. The number of carbonyl (C=O) groups is 1. The van der Waals surface area contributed by atoms with Crippen molar-refractivity contribution in [3.8, 4) is 11.5 Å². The van der Waals surface area contributed by atoms with Gasteiger partial charge in [0.1, 0.15) is 18.1 Å². The summed E-state index contributed by atoms with van der Waals surface area (Å²) in [4.78, 5) is 14.3. The molecule has 0 aliphatic heterocycles. The lowest BCUT2D eigenvalue weighted by Crippen LogP contribution is -2.25. The molecule has 7 heteroatoms. The van der Waals surface area contributed by atoms with Crippen LogP contribution in [-0.4, -0.2) is 34.7 Å². The normalized spacial score (nSPS) is 11.0. The van der Waals surface area contributed by atoms with Crippen LogP contribution in [0.25, 0.3) is 6.08 Å². The molecule has 0 unspecified atom stereocenters. The molecule has 0 aliphatic carbocycles. The molecule has 0 saturated heterocycles. The third-order valence-electron chi connectivity index (χ3n) is 4.82. The van der Waals surface area contributed by atoms with Gasteiger partial charge in [0.25, 0.3) is 0 Å². The highest BCUT2D eigenvalue weighted by Gasteiger charge is 2.13. The van der Waals surface area contributed by atoms with E-state index in [4.69, 9.17) is 9.47 Å². The van der Waals surface area contributed by atoms with Gasteiger partial charge in [-0.3, -0.25) is 9.48 Å². The average Bonchev–Trinajstić information content (AvgIpc) is 3.15. The summed E-state index contributed by atoms with van der Waals surface area (Å²) in [5.41, 5.74) is 2.77. The van der Waals surface area contributed by atoms with E-state index < -0.39 is 0 Å². The number of nitrogens with zero attached hydrogens (tertiary/aromatic N) is 3. The third kappa shape index (κ3) is 5.98. The van der Waals surface area contributed by atoms with E-state index in [-0.39, 0.29) is 5.91 Å². The fraction of sp³-hybridized carbons (Fsp3) is 0.250. The van der Waals surface area contributed by atoms with Crippen LogP contribution in [0.3, 0.4) is 0 Å². The van der Waals surface area contributed by atoms with Gasteiger partial charge in [0.2, 0.25) is 5.91 Å². The highest BCUT2D eigenvalue weighted by atomic mass is 79.9. The maximum Gasteiger partial charge on any atom is 0.246 e. The predicted molar refractivity (Wildman–Crippen MR) is 125 cm³/mol. The second-order valence-corrected chi connectivity index (χ2v) is 7.81. The van der Waals surface area contributed by atoms with Crippen molar-refractivity contribution in [3.05, 3.63) is 82.1 Å². The molecule has 2 aromatic carbocycles. The molecule has 0 fully saturated rings. The van der Waals surface area contributed by atoms with Crippen molar-refractivity contribution in [3.63, 3.8) is 0 Å². The van der Waals surface area contributed by atoms with Crippen LogP contribution in [0.1, 0.15) is 23.7 Å². The van der Waals surface area contributed by atoms with Crippen LogP contribution in [0.2, 0.25) is 0 Å². The highest BCUT2D eigenvalue weighted by molar-refractivity contribution is 9.10. The SMILES string of the molecule is CCn1ncc(Br)c1CN(C)C(=O)/C=C/c1ccc(OC)c(COc2ccccc2)c1. The van der Waals surface area contributed by atoms with E-state index in [1.807, 2.05) is 60.1 Å². The Labute approximate surface area is 191 Å². The Morgan fingerprint density at radius 2 is 2.00 bits per heavy atom. The number of likely N-dealkylation sites (N-methyl/N-ethyl adjacent to an activating group) is 1. The number of hydrogen-bond acceptors (Lipinski definition) is 4. The van der Waals surface area contributed by atoms with Gasteiger partial charge in [0, 0.05) is 25.2 Å². The minimum absolute atomic E-state index is 0.0892. The van der Waals surface area contributed by atoms with Crippen LogP contribution in [0.5, 0.6) is 11.5 Å². The van der Waals surface area contributed by atoms with Gasteiger partial charge in [0.05, 0.1) is 30.0 Å². The molecule has 0 saturated carbocycles. The Balaban J connectivity index is 1.67. The van der Waals surface area contributed by atoms with Gasteiger partial charge in [-0.05, 0) is 58.8 Å². The molecule has 1 aromatic heterocycles. The van der Waals surface area contributed by atoms with E-state index in [9.17, 15) is 4.79 Å². The molecule has 3 aromatic rings. The Bertz CT molecular complexity index is 1050. The summed E-state index contributed by atoms with van der Waals surface area (Å²) in [6.07, 6.45) is 5.13. The zero-order valence-corrected chi connectivity index (χ0v) is 19.5. The maximum atomic E-state index is 12.6. The van der Waals surface area contributed by atoms with Crippen molar-refractivity contribution in [1.29, 1.82) is 0 Å². The number of amides is 1. The van der Waals surface area contributed by atoms with Gasteiger partial charge >= 0.3 is 0 Å². The summed E-state index contributed by atoms with van der Waals surface area (Å²) in [6.45, 7) is 3.61. The van der Waals surface area contributed by atoms with Crippen LogP contribution in [0.15, 0.2) is 65.3 Å². The summed E-state index contributed by atoms with van der Waals surface area (Å²) in [7, 11) is 3.41. The molecule has 1 amide bonds. The van der Waals surface area contributed by atoms with Gasteiger partial charge in [-0.15, -0.1) is 0 Å². The smallest absolute Gasteiger partial charge is 0.246 e. The molecule has 1 heterocycles. The van der Waals surface area contributed by atoms with Crippen molar-refractivity contribution in [2.24, 2.45) is 0 Å². The van der Waals surface area contributed by atoms with E-state index in [0.29, 0.717) is 13.2 Å². The number of hydrogen-bond donors (Lipinski definition) is 0. The second kappa shape index (κ2) is 10.8. The number of carbonyl (C=O) groups excluding carboxylic acids is 1. The van der Waals surface area contributed by atoms with Crippen molar-refractivity contribution >= 4 is 27.9 Å². The third-order valence-corrected chi connectivity index (χ3v) is 5.48. The fourth-order valence-corrected chi connectivity index (χ4v) is 3.53. The number of ether oxygens (including phenoxy) is 2. The Morgan fingerprint density at radius 3 is 2.71 bits per heavy atom. The number of aryl methyl sites for hydroxylation is 1. The number of benzene rings is 2. The van der Waals surface area contributed by atoms with E-state index in [0.717, 1.165) is 39.3 Å². The lowest BCUT2D eigenvalue weighted by Gasteiger charge is -2.16. The summed E-state index contributed by atoms with van der Waals surface area (Å²) < 4.78 is 14.1. The van der Waals surface area contributed by atoms with Crippen molar-refractivity contribution in [2.45, 2.75) is 26.6 Å². The topological polar surface area (TPSA) is 56.6 Å². The molecule has 0 bridgehead atoms. The molecule has 3 rings (SSSR count). The largest absolute Gasteiger partial charge is 0.496 e. The monoisotopic (exact) mass is 483 g/mol. The lowest BCUT2D eigenvalue weighted by molar-refractivity contribution is -0.125. The van der Waals surface area contributed by atoms with Crippen molar-refractivity contribution < 1.29 is 14.3 Å². The molecule has 0 spiro atoms. The first-order valence-electron chi connectivity index (χ1n) is 10.00. The second-order valence-electron chi connectivity index (χ2n) is 6.96. The van der Waals surface area contributed by atoms with Crippen LogP contribution < -0.4 is 9.47 Å². The van der Waals surface area contributed by atoms with Crippen LogP contribution in [0, 0.1) is 0 Å². The Kier molecular flexibility index (Phi) is 7.89. The highest BCUT2D eigenvalue weighted by Crippen LogP contribution is 2.23. The van der Waals surface area contributed by atoms with Crippen LogP contribution >= 0.6 is 15.9 Å². The number of halogens is 1. The minimum atomic E-state index is -0.0892.